The molecule has 0 N–H and O–H groups in total. The molecule has 1 heterocycles. The highest BCUT2D eigenvalue weighted by atomic mass is 16.2. The van der Waals surface area contributed by atoms with Gasteiger partial charge in [0.05, 0.1) is 0 Å². The molecular weight excluding hydrogens is 266 g/mol. The predicted octanol–water partition coefficient (Wildman–Crippen LogP) is 2.30. The van der Waals surface area contributed by atoms with E-state index in [-0.39, 0.29) is 17.5 Å². The molecule has 2 rings (SSSR count). The van der Waals surface area contributed by atoms with Gasteiger partial charge in [0, 0.05) is 25.7 Å². The first-order valence-electron chi connectivity index (χ1n) is 7.90. The lowest BCUT2D eigenvalue weighted by Gasteiger charge is -2.36. The van der Waals surface area contributed by atoms with Crippen LogP contribution in [-0.2, 0) is 6.54 Å². The summed E-state index contributed by atoms with van der Waals surface area (Å²) >= 11 is 0. The number of rotatable bonds is 4. The smallest absolute Gasteiger partial charge is 0.274 e. The summed E-state index contributed by atoms with van der Waals surface area (Å²) in [4.78, 5) is 26.1. The van der Waals surface area contributed by atoms with Crippen LogP contribution in [0, 0.1) is 5.92 Å². The summed E-state index contributed by atoms with van der Waals surface area (Å²) < 4.78 is 1.38. The third-order valence-corrected chi connectivity index (χ3v) is 4.41. The molecule has 0 saturated heterocycles. The molecule has 0 radical (unpaired) electrons. The molecule has 2 unspecified atom stereocenters. The quantitative estimate of drug-likeness (QED) is 0.855. The summed E-state index contributed by atoms with van der Waals surface area (Å²) in [6.07, 6.45) is 5.47. The molecule has 0 aromatic carbocycles. The third kappa shape index (κ3) is 3.52. The van der Waals surface area contributed by atoms with Crippen LogP contribution in [0.1, 0.15) is 56.4 Å². The number of hydrogen-bond acceptors (Lipinski definition) is 3. The number of nitrogens with zero attached hydrogens (tertiary/aromatic N) is 3. The van der Waals surface area contributed by atoms with Crippen molar-refractivity contribution in [3.05, 3.63) is 28.2 Å². The molecule has 0 bridgehead atoms. The molecule has 116 valence electrons. The van der Waals surface area contributed by atoms with Gasteiger partial charge in [-0.1, -0.05) is 26.7 Å². The van der Waals surface area contributed by atoms with E-state index in [1.807, 2.05) is 18.9 Å². The lowest BCUT2D eigenvalue weighted by Crippen LogP contribution is -2.43. The molecule has 0 aliphatic heterocycles. The Morgan fingerprint density at radius 1 is 1.38 bits per heavy atom. The van der Waals surface area contributed by atoms with Crippen LogP contribution in [0.15, 0.2) is 16.9 Å². The van der Waals surface area contributed by atoms with Crippen LogP contribution in [0.25, 0.3) is 0 Å². The van der Waals surface area contributed by atoms with Gasteiger partial charge in [0.2, 0.25) is 0 Å². The molecule has 1 amide bonds. The minimum atomic E-state index is -0.151. The fraction of sp³-hybridized carbons (Fsp3) is 0.688. The highest BCUT2D eigenvalue weighted by molar-refractivity contribution is 5.92. The van der Waals surface area contributed by atoms with E-state index in [0.29, 0.717) is 18.2 Å². The van der Waals surface area contributed by atoms with Crippen LogP contribution < -0.4 is 5.56 Å². The lowest BCUT2D eigenvalue weighted by molar-refractivity contribution is 0.0620. The number of carbonyl (C=O) groups excluding carboxylic acids is 1. The van der Waals surface area contributed by atoms with Gasteiger partial charge in [0.15, 0.2) is 0 Å². The van der Waals surface area contributed by atoms with Crippen LogP contribution in [0.4, 0.5) is 0 Å². The molecule has 21 heavy (non-hydrogen) atoms. The first-order chi connectivity index (χ1) is 10.0. The Morgan fingerprint density at radius 2 is 2.10 bits per heavy atom. The summed E-state index contributed by atoms with van der Waals surface area (Å²) in [7, 11) is 1.85. The normalized spacial score (nSPS) is 22.0. The van der Waals surface area contributed by atoms with Gasteiger partial charge in [0.1, 0.15) is 5.69 Å². The molecule has 5 heteroatoms. The van der Waals surface area contributed by atoms with Gasteiger partial charge in [0.25, 0.3) is 11.5 Å². The minimum absolute atomic E-state index is 0.0846. The van der Waals surface area contributed by atoms with E-state index >= 15 is 0 Å². The zero-order chi connectivity index (χ0) is 15.4. The molecule has 5 nitrogen and oxygen atoms in total. The average molecular weight is 291 g/mol. The second-order valence-corrected chi connectivity index (χ2v) is 6.03. The molecule has 1 aromatic rings. The maximum Gasteiger partial charge on any atom is 0.274 e. The van der Waals surface area contributed by atoms with Crippen molar-refractivity contribution in [3.8, 4) is 0 Å². The zero-order valence-corrected chi connectivity index (χ0v) is 13.2. The summed E-state index contributed by atoms with van der Waals surface area (Å²) in [6, 6.07) is 3.26. The number of carbonyl (C=O) groups is 1. The van der Waals surface area contributed by atoms with E-state index in [9.17, 15) is 9.59 Å². The van der Waals surface area contributed by atoms with Gasteiger partial charge >= 0.3 is 0 Å². The van der Waals surface area contributed by atoms with Crippen molar-refractivity contribution in [3.63, 3.8) is 0 Å². The van der Waals surface area contributed by atoms with Crippen LogP contribution in [-0.4, -0.2) is 33.7 Å². The van der Waals surface area contributed by atoms with Crippen molar-refractivity contribution in [2.75, 3.05) is 7.05 Å². The van der Waals surface area contributed by atoms with Crippen molar-refractivity contribution < 1.29 is 4.79 Å². The van der Waals surface area contributed by atoms with Gasteiger partial charge < -0.3 is 4.90 Å². The summed E-state index contributed by atoms with van der Waals surface area (Å²) in [5.41, 5.74) is 0.213. The number of hydrogen-bond donors (Lipinski definition) is 0. The van der Waals surface area contributed by atoms with Crippen molar-refractivity contribution in [2.45, 2.75) is 58.5 Å². The lowest BCUT2D eigenvalue weighted by atomic mass is 9.85. The van der Waals surface area contributed by atoms with Crippen LogP contribution in [0.3, 0.4) is 0 Å². The molecular formula is C16H25N3O2. The SMILES string of the molecule is CCCn1nc(C(=O)N(C)C2CCCCC2C)ccc1=O. The van der Waals surface area contributed by atoms with Crippen molar-refractivity contribution >= 4 is 5.91 Å². The van der Waals surface area contributed by atoms with Crippen LogP contribution >= 0.6 is 0 Å². The number of aromatic nitrogens is 2. The molecule has 1 aromatic heterocycles. The maximum absolute atomic E-state index is 12.6. The molecule has 1 aliphatic carbocycles. The largest absolute Gasteiger partial charge is 0.337 e. The third-order valence-electron chi connectivity index (χ3n) is 4.41. The van der Waals surface area contributed by atoms with E-state index < -0.39 is 0 Å². The topological polar surface area (TPSA) is 55.2 Å². The van der Waals surface area contributed by atoms with Crippen LogP contribution in [0.5, 0.6) is 0 Å². The van der Waals surface area contributed by atoms with Gasteiger partial charge in [-0.05, 0) is 31.2 Å². The Hall–Kier alpha value is -1.65. The highest BCUT2D eigenvalue weighted by Gasteiger charge is 2.29. The average Bonchev–Trinajstić information content (AvgIpc) is 2.49. The van der Waals surface area contributed by atoms with E-state index in [4.69, 9.17) is 0 Å². The number of aryl methyl sites for hydroxylation is 1. The standard InChI is InChI=1S/C16H25N3O2/c1-4-11-19-15(20)10-9-13(17-19)16(21)18(3)14-8-6-5-7-12(14)2/h9-10,12,14H,4-8,11H2,1-3H3. The number of amides is 1. The van der Waals surface area contributed by atoms with Gasteiger partial charge in [-0.3, -0.25) is 9.59 Å². The van der Waals surface area contributed by atoms with E-state index in [0.717, 1.165) is 12.8 Å². The Labute approximate surface area is 126 Å². The molecule has 0 spiro atoms. The Bertz CT molecular complexity index is 553. The first-order valence-corrected chi connectivity index (χ1v) is 7.90. The Balaban J connectivity index is 2.18. The summed E-state index contributed by atoms with van der Waals surface area (Å²) in [5, 5.41) is 4.22. The monoisotopic (exact) mass is 291 g/mol. The summed E-state index contributed by atoms with van der Waals surface area (Å²) in [6.45, 7) is 4.74. The fourth-order valence-corrected chi connectivity index (χ4v) is 3.14. The molecule has 1 fully saturated rings. The minimum Gasteiger partial charge on any atom is -0.337 e. The summed E-state index contributed by atoms with van der Waals surface area (Å²) in [5.74, 6) is 0.438. The zero-order valence-electron chi connectivity index (χ0n) is 13.2. The Morgan fingerprint density at radius 3 is 2.76 bits per heavy atom. The second kappa shape index (κ2) is 6.87. The van der Waals surface area contributed by atoms with Crippen molar-refractivity contribution in [1.29, 1.82) is 0 Å². The van der Waals surface area contributed by atoms with Gasteiger partial charge in [-0.25, -0.2) is 4.68 Å². The molecule has 1 aliphatic rings. The van der Waals surface area contributed by atoms with E-state index in [1.165, 1.54) is 30.0 Å². The van der Waals surface area contributed by atoms with Crippen molar-refractivity contribution in [1.82, 2.24) is 14.7 Å². The maximum atomic E-state index is 12.6. The van der Waals surface area contributed by atoms with Crippen molar-refractivity contribution in [2.24, 2.45) is 5.92 Å². The van der Waals surface area contributed by atoms with Gasteiger partial charge in [-0.2, -0.15) is 5.10 Å². The van der Waals surface area contributed by atoms with Gasteiger partial charge in [-0.15, -0.1) is 0 Å². The van der Waals surface area contributed by atoms with E-state index in [2.05, 4.69) is 12.0 Å². The van der Waals surface area contributed by atoms with Crippen LogP contribution in [0.2, 0.25) is 0 Å². The molecule has 2 atom stereocenters. The highest BCUT2D eigenvalue weighted by Crippen LogP contribution is 2.27. The fourth-order valence-electron chi connectivity index (χ4n) is 3.14. The first kappa shape index (κ1) is 15.7. The Kier molecular flexibility index (Phi) is 5.15. The second-order valence-electron chi connectivity index (χ2n) is 6.03. The molecule has 1 saturated carbocycles. The van der Waals surface area contributed by atoms with E-state index in [1.54, 1.807) is 6.07 Å². The predicted molar refractivity (Wildman–Crippen MR) is 82.3 cm³/mol.